The van der Waals surface area contributed by atoms with Gasteiger partial charge in [0.05, 0.1) is 6.61 Å². The molecule has 0 aliphatic carbocycles. The first-order chi connectivity index (χ1) is 8.60. The van der Waals surface area contributed by atoms with E-state index >= 15 is 0 Å². The first kappa shape index (κ1) is 15.1. The Labute approximate surface area is 109 Å². The number of benzene rings is 1. The van der Waals surface area contributed by atoms with Crippen LogP contribution in [0.4, 0.5) is 4.39 Å². The summed E-state index contributed by atoms with van der Waals surface area (Å²) in [6.45, 7) is 3.45. The predicted molar refractivity (Wildman–Crippen MR) is 71.9 cm³/mol. The van der Waals surface area contributed by atoms with E-state index in [2.05, 4.69) is 4.90 Å². The minimum Gasteiger partial charge on any atom is -0.383 e. The molecule has 2 N–H and O–H groups in total. The molecule has 0 bridgehead atoms. The van der Waals surface area contributed by atoms with Crippen molar-refractivity contribution in [1.82, 2.24) is 4.90 Å². The van der Waals surface area contributed by atoms with Crippen LogP contribution in [-0.2, 0) is 4.74 Å². The highest BCUT2D eigenvalue weighted by molar-refractivity contribution is 5.21. The number of likely N-dealkylation sites (N-methyl/N-ethyl adjacent to an activating group) is 1. The van der Waals surface area contributed by atoms with Gasteiger partial charge in [0.15, 0.2) is 0 Å². The Morgan fingerprint density at radius 2 is 2.17 bits per heavy atom. The summed E-state index contributed by atoms with van der Waals surface area (Å²) < 4.78 is 18.4. The molecule has 0 spiro atoms. The normalized spacial score (nSPS) is 14.8. The number of halogens is 1. The lowest BCUT2D eigenvalue weighted by atomic mass is 9.96. The maximum atomic E-state index is 13.3. The summed E-state index contributed by atoms with van der Waals surface area (Å²) in [5.41, 5.74) is 7.09. The minimum atomic E-state index is -0.221. The molecule has 0 saturated carbocycles. The number of ether oxygens (including phenoxy) is 1. The van der Waals surface area contributed by atoms with E-state index in [1.165, 1.54) is 6.07 Å². The number of nitrogens with zero attached hydrogens (tertiary/aromatic N) is 1. The zero-order valence-electron chi connectivity index (χ0n) is 11.4. The molecule has 0 amide bonds. The fourth-order valence-electron chi connectivity index (χ4n) is 2.12. The Balaban J connectivity index is 2.90. The fourth-order valence-corrected chi connectivity index (χ4v) is 2.12. The van der Waals surface area contributed by atoms with Crippen molar-refractivity contribution >= 4 is 0 Å². The van der Waals surface area contributed by atoms with Crippen molar-refractivity contribution in [3.63, 3.8) is 0 Å². The summed E-state index contributed by atoms with van der Waals surface area (Å²) in [4.78, 5) is 2.12. The van der Waals surface area contributed by atoms with Gasteiger partial charge in [-0.15, -0.1) is 0 Å². The van der Waals surface area contributed by atoms with E-state index in [0.29, 0.717) is 6.61 Å². The van der Waals surface area contributed by atoms with Crippen LogP contribution in [0.15, 0.2) is 24.3 Å². The van der Waals surface area contributed by atoms with Crippen LogP contribution < -0.4 is 5.73 Å². The molecule has 4 heteroatoms. The Morgan fingerprint density at radius 1 is 1.44 bits per heavy atom. The Morgan fingerprint density at radius 3 is 2.72 bits per heavy atom. The van der Waals surface area contributed by atoms with Crippen molar-refractivity contribution in [3.05, 3.63) is 35.6 Å². The van der Waals surface area contributed by atoms with Crippen LogP contribution in [0.3, 0.4) is 0 Å². The molecule has 0 heterocycles. The van der Waals surface area contributed by atoms with Gasteiger partial charge in [-0.25, -0.2) is 4.39 Å². The van der Waals surface area contributed by atoms with E-state index in [4.69, 9.17) is 10.5 Å². The summed E-state index contributed by atoms with van der Waals surface area (Å²) in [6.07, 6.45) is 0.846. The van der Waals surface area contributed by atoms with E-state index in [-0.39, 0.29) is 17.9 Å². The van der Waals surface area contributed by atoms with Gasteiger partial charge < -0.3 is 10.5 Å². The van der Waals surface area contributed by atoms with Crippen LogP contribution in [0.2, 0.25) is 0 Å². The molecule has 3 nitrogen and oxygen atoms in total. The zero-order valence-corrected chi connectivity index (χ0v) is 11.4. The molecule has 0 radical (unpaired) electrons. The number of hydrogen-bond donors (Lipinski definition) is 1. The van der Waals surface area contributed by atoms with Crippen molar-refractivity contribution in [1.29, 1.82) is 0 Å². The van der Waals surface area contributed by atoms with E-state index in [0.717, 1.165) is 18.5 Å². The van der Waals surface area contributed by atoms with Crippen molar-refractivity contribution in [2.75, 3.05) is 27.3 Å². The van der Waals surface area contributed by atoms with Crippen LogP contribution in [0.1, 0.15) is 24.9 Å². The SMILES string of the molecule is CCC(N)C(c1cccc(F)c1)N(C)CCOC. The maximum Gasteiger partial charge on any atom is 0.123 e. The van der Waals surface area contributed by atoms with Crippen LogP contribution >= 0.6 is 0 Å². The van der Waals surface area contributed by atoms with Gasteiger partial charge in [0.2, 0.25) is 0 Å². The summed E-state index contributed by atoms with van der Waals surface area (Å²) in [6, 6.07) is 6.66. The maximum absolute atomic E-state index is 13.3. The highest BCUT2D eigenvalue weighted by atomic mass is 19.1. The van der Waals surface area contributed by atoms with Crippen LogP contribution in [-0.4, -0.2) is 38.3 Å². The molecule has 0 saturated heterocycles. The number of rotatable bonds is 7. The third-order valence-corrected chi connectivity index (χ3v) is 3.19. The first-order valence-electron chi connectivity index (χ1n) is 6.30. The average molecular weight is 254 g/mol. The molecule has 2 unspecified atom stereocenters. The van der Waals surface area contributed by atoms with Gasteiger partial charge in [-0.1, -0.05) is 19.1 Å². The Hall–Kier alpha value is -0.970. The van der Waals surface area contributed by atoms with E-state index in [1.807, 2.05) is 20.0 Å². The highest BCUT2D eigenvalue weighted by Crippen LogP contribution is 2.24. The predicted octanol–water partition coefficient (Wildman–Crippen LogP) is 2.18. The van der Waals surface area contributed by atoms with E-state index in [9.17, 15) is 4.39 Å². The lowest BCUT2D eigenvalue weighted by Gasteiger charge is -2.32. The zero-order chi connectivity index (χ0) is 13.5. The van der Waals surface area contributed by atoms with E-state index < -0.39 is 0 Å². The number of hydrogen-bond acceptors (Lipinski definition) is 3. The van der Waals surface area contributed by atoms with Gasteiger partial charge >= 0.3 is 0 Å². The minimum absolute atomic E-state index is 0.0147. The van der Waals surface area contributed by atoms with Crippen molar-refractivity contribution in [2.45, 2.75) is 25.4 Å². The first-order valence-corrected chi connectivity index (χ1v) is 6.30. The monoisotopic (exact) mass is 254 g/mol. The molecule has 2 atom stereocenters. The Kier molecular flexibility index (Phi) is 6.25. The lowest BCUT2D eigenvalue weighted by molar-refractivity contribution is 0.128. The van der Waals surface area contributed by atoms with Crippen molar-refractivity contribution in [3.8, 4) is 0 Å². The van der Waals surface area contributed by atoms with E-state index in [1.54, 1.807) is 19.2 Å². The summed E-state index contributed by atoms with van der Waals surface area (Å²) >= 11 is 0. The largest absolute Gasteiger partial charge is 0.383 e. The molecule has 18 heavy (non-hydrogen) atoms. The standard InChI is InChI=1S/C14H23FN2O/c1-4-13(16)14(17(2)8-9-18-3)11-6-5-7-12(15)10-11/h5-7,10,13-14H,4,8-9,16H2,1-3H3. The van der Waals surface area contributed by atoms with Crippen LogP contribution in [0.5, 0.6) is 0 Å². The smallest absolute Gasteiger partial charge is 0.123 e. The number of nitrogens with two attached hydrogens (primary N) is 1. The molecule has 1 rings (SSSR count). The summed E-state index contributed by atoms with van der Waals surface area (Å²) in [5, 5.41) is 0. The quantitative estimate of drug-likeness (QED) is 0.810. The molecular formula is C14H23FN2O. The highest BCUT2D eigenvalue weighted by Gasteiger charge is 2.23. The molecule has 1 aromatic rings. The number of methoxy groups -OCH3 is 1. The fraction of sp³-hybridized carbons (Fsp3) is 0.571. The second-order valence-corrected chi connectivity index (χ2v) is 4.55. The van der Waals surface area contributed by atoms with Crippen LogP contribution in [0.25, 0.3) is 0 Å². The van der Waals surface area contributed by atoms with Gasteiger partial charge in [-0.3, -0.25) is 4.90 Å². The van der Waals surface area contributed by atoms with Crippen LogP contribution in [0, 0.1) is 5.82 Å². The van der Waals surface area contributed by atoms with Crippen molar-refractivity contribution in [2.24, 2.45) is 5.73 Å². The van der Waals surface area contributed by atoms with Gasteiger partial charge in [-0.05, 0) is 31.2 Å². The lowest BCUT2D eigenvalue weighted by Crippen LogP contribution is -2.40. The van der Waals surface area contributed by atoms with Gasteiger partial charge in [-0.2, -0.15) is 0 Å². The Bertz CT molecular complexity index is 359. The molecule has 0 fully saturated rings. The van der Waals surface area contributed by atoms with Gasteiger partial charge in [0.1, 0.15) is 5.82 Å². The molecule has 1 aromatic carbocycles. The average Bonchev–Trinajstić information content (AvgIpc) is 2.36. The summed E-state index contributed by atoms with van der Waals surface area (Å²) in [5.74, 6) is -0.221. The molecule has 0 aromatic heterocycles. The summed E-state index contributed by atoms with van der Waals surface area (Å²) in [7, 11) is 3.66. The van der Waals surface area contributed by atoms with Gasteiger partial charge in [0, 0.05) is 25.7 Å². The molecule has 102 valence electrons. The third kappa shape index (κ3) is 4.05. The van der Waals surface area contributed by atoms with Crippen molar-refractivity contribution < 1.29 is 9.13 Å². The molecular weight excluding hydrogens is 231 g/mol. The molecule has 0 aliphatic rings. The second kappa shape index (κ2) is 7.46. The topological polar surface area (TPSA) is 38.5 Å². The van der Waals surface area contributed by atoms with Gasteiger partial charge in [0.25, 0.3) is 0 Å². The molecule has 0 aliphatic heterocycles. The second-order valence-electron chi connectivity index (χ2n) is 4.55. The third-order valence-electron chi connectivity index (χ3n) is 3.19.